The summed E-state index contributed by atoms with van der Waals surface area (Å²) in [5.74, 6) is 0.757. The van der Waals surface area contributed by atoms with E-state index in [1.165, 1.54) is 22.0 Å². The first-order valence-corrected chi connectivity index (χ1v) is 8.89. The molecule has 0 saturated carbocycles. The Labute approximate surface area is 151 Å². The summed E-state index contributed by atoms with van der Waals surface area (Å²) in [6.07, 6.45) is 8.55. The molecule has 0 fully saturated rings. The van der Waals surface area contributed by atoms with Crippen LogP contribution in [0.15, 0.2) is 61.2 Å². The van der Waals surface area contributed by atoms with Crippen molar-refractivity contribution >= 4 is 10.9 Å². The Morgan fingerprint density at radius 2 is 2.12 bits per heavy atom. The van der Waals surface area contributed by atoms with Gasteiger partial charge in [-0.1, -0.05) is 6.07 Å². The third-order valence-electron chi connectivity index (χ3n) is 4.97. The number of nitrogens with one attached hydrogen (secondary N) is 1. The van der Waals surface area contributed by atoms with Gasteiger partial charge < -0.3 is 4.98 Å². The summed E-state index contributed by atoms with van der Waals surface area (Å²) in [4.78, 5) is 19.2. The van der Waals surface area contributed by atoms with E-state index in [1.54, 1.807) is 6.20 Å². The number of H-pyrrole nitrogens is 1. The molecule has 5 heteroatoms. The zero-order valence-electron chi connectivity index (χ0n) is 14.4. The van der Waals surface area contributed by atoms with Gasteiger partial charge in [0.1, 0.15) is 0 Å². The molecule has 0 radical (unpaired) electrons. The van der Waals surface area contributed by atoms with Crippen molar-refractivity contribution in [2.75, 3.05) is 6.54 Å². The van der Waals surface area contributed by atoms with E-state index >= 15 is 0 Å². The number of nitrogens with zero attached hydrogens (tertiary/aromatic N) is 4. The first-order chi connectivity index (χ1) is 12.8. The highest BCUT2D eigenvalue weighted by atomic mass is 15.1. The molecule has 5 nitrogen and oxygen atoms in total. The van der Waals surface area contributed by atoms with E-state index in [1.807, 2.05) is 30.7 Å². The number of pyridine rings is 1. The van der Waals surface area contributed by atoms with E-state index in [0.29, 0.717) is 0 Å². The average Bonchev–Trinajstić information content (AvgIpc) is 3.16. The zero-order valence-corrected chi connectivity index (χ0v) is 14.4. The molecule has 0 amide bonds. The minimum atomic E-state index is 0.757. The van der Waals surface area contributed by atoms with Crippen LogP contribution in [0.4, 0.5) is 0 Å². The summed E-state index contributed by atoms with van der Waals surface area (Å²) in [7, 11) is 0. The molecule has 1 aliphatic heterocycles. The van der Waals surface area contributed by atoms with Crippen LogP contribution in [0, 0.1) is 0 Å². The molecular weight excluding hydrogens is 322 g/mol. The molecular formula is C21H19N5. The van der Waals surface area contributed by atoms with Gasteiger partial charge in [0.15, 0.2) is 5.82 Å². The van der Waals surface area contributed by atoms with Crippen LogP contribution in [0.1, 0.15) is 16.8 Å². The predicted octanol–water partition coefficient (Wildman–Crippen LogP) is 3.58. The van der Waals surface area contributed by atoms with Gasteiger partial charge in [-0.3, -0.25) is 9.88 Å². The normalized spacial score (nSPS) is 14.5. The molecule has 0 atom stereocenters. The lowest BCUT2D eigenvalue weighted by atomic mass is 10.1. The lowest BCUT2D eigenvalue weighted by Crippen LogP contribution is -2.31. The summed E-state index contributed by atoms with van der Waals surface area (Å²) >= 11 is 0. The van der Waals surface area contributed by atoms with Gasteiger partial charge in [0.25, 0.3) is 0 Å². The maximum absolute atomic E-state index is 4.82. The van der Waals surface area contributed by atoms with Crippen LogP contribution in [0.2, 0.25) is 0 Å². The Hall–Kier alpha value is -3.05. The minimum absolute atomic E-state index is 0.757. The highest BCUT2D eigenvalue weighted by molar-refractivity contribution is 5.79. The molecule has 1 aromatic carbocycles. The fourth-order valence-corrected chi connectivity index (χ4v) is 3.59. The Morgan fingerprint density at radius 1 is 1.12 bits per heavy atom. The number of benzene rings is 1. The first kappa shape index (κ1) is 15.2. The number of aromatic nitrogens is 4. The van der Waals surface area contributed by atoms with Crippen LogP contribution in [-0.4, -0.2) is 31.4 Å². The molecule has 0 unspecified atom stereocenters. The third-order valence-corrected chi connectivity index (χ3v) is 4.97. The minimum Gasteiger partial charge on any atom is -0.361 e. The van der Waals surface area contributed by atoms with Gasteiger partial charge in [-0.05, 0) is 53.3 Å². The van der Waals surface area contributed by atoms with Crippen LogP contribution in [0.25, 0.3) is 22.3 Å². The average molecular weight is 341 g/mol. The van der Waals surface area contributed by atoms with Crippen LogP contribution in [0.5, 0.6) is 0 Å². The predicted molar refractivity (Wildman–Crippen MR) is 101 cm³/mol. The van der Waals surface area contributed by atoms with Crippen LogP contribution in [-0.2, 0) is 19.5 Å². The molecule has 1 aliphatic rings. The molecule has 0 spiro atoms. The number of fused-ring (bicyclic) bond motifs is 2. The van der Waals surface area contributed by atoms with Gasteiger partial charge in [-0.15, -0.1) is 0 Å². The largest absolute Gasteiger partial charge is 0.361 e. The first-order valence-electron chi connectivity index (χ1n) is 8.89. The summed E-state index contributed by atoms with van der Waals surface area (Å²) in [5, 5.41) is 1.26. The second-order valence-corrected chi connectivity index (χ2v) is 6.77. The van der Waals surface area contributed by atoms with Crippen molar-refractivity contribution in [1.82, 2.24) is 24.8 Å². The maximum Gasteiger partial charge on any atom is 0.160 e. The van der Waals surface area contributed by atoms with Crippen molar-refractivity contribution in [2.45, 2.75) is 19.5 Å². The molecule has 4 aromatic rings. The third kappa shape index (κ3) is 2.86. The van der Waals surface area contributed by atoms with Gasteiger partial charge in [-0.2, -0.15) is 0 Å². The summed E-state index contributed by atoms with van der Waals surface area (Å²) in [5.41, 5.74) is 5.88. The van der Waals surface area contributed by atoms with Crippen LogP contribution in [0.3, 0.4) is 0 Å². The molecule has 1 N–H and O–H groups in total. The van der Waals surface area contributed by atoms with E-state index < -0.39 is 0 Å². The molecule has 0 aliphatic carbocycles. The molecule has 0 bridgehead atoms. The van der Waals surface area contributed by atoms with Crippen LogP contribution >= 0.6 is 0 Å². The molecule has 3 aromatic heterocycles. The Bertz CT molecular complexity index is 1050. The number of aromatic amines is 1. The Balaban J connectivity index is 1.38. The summed E-state index contributed by atoms with van der Waals surface area (Å²) < 4.78 is 0. The van der Waals surface area contributed by atoms with Crippen molar-refractivity contribution < 1.29 is 0 Å². The highest BCUT2D eigenvalue weighted by Crippen LogP contribution is 2.22. The molecule has 4 heterocycles. The number of rotatable bonds is 3. The van der Waals surface area contributed by atoms with Crippen molar-refractivity contribution in [3.63, 3.8) is 0 Å². The molecule has 26 heavy (non-hydrogen) atoms. The number of hydrogen-bond donors (Lipinski definition) is 1. The van der Waals surface area contributed by atoms with Gasteiger partial charge in [-0.25, -0.2) is 9.97 Å². The standard InChI is InChI=1S/C21H19N5/c1-2-18(11-22-7-1)21-24-12-17-6-9-26(14-20(17)25-21)13-15-3-4-19-16(10-15)5-8-23-19/h1-5,7-8,10-12,23H,6,9,13-14H2. The van der Waals surface area contributed by atoms with Crippen molar-refractivity contribution in [3.8, 4) is 11.4 Å². The van der Waals surface area contributed by atoms with E-state index in [9.17, 15) is 0 Å². The summed E-state index contributed by atoms with van der Waals surface area (Å²) in [6, 6.07) is 12.7. The van der Waals surface area contributed by atoms with Gasteiger partial charge >= 0.3 is 0 Å². The van der Waals surface area contributed by atoms with E-state index in [2.05, 4.69) is 44.1 Å². The van der Waals surface area contributed by atoms with E-state index in [0.717, 1.165) is 43.1 Å². The zero-order chi connectivity index (χ0) is 17.3. The molecule has 0 saturated heterocycles. The van der Waals surface area contributed by atoms with Gasteiger partial charge in [0.05, 0.1) is 5.69 Å². The van der Waals surface area contributed by atoms with Crippen molar-refractivity contribution in [1.29, 1.82) is 0 Å². The number of hydrogen-bond acceptors (Lipinski definition) is 4. The van der Waals surface area contributed by atoms with Gasteiger partial charge in [0, 0.05) is 55.5 Å². The Morgan fingerprint density at radius 3 is 3.04 bits per heavy atom. The highest BCUT2D eigenvalue weighted by Gasteiger charge is 2.19. The molecule has 128 valence electrons. The Kier molecular flexibility index (Phi) is 3.72. The fourth-order valence-electron chi connectivity index (χ4n) is 3.59. The topological polar surface area (TPSA) is 57.7 Å². The SMILES string of the molecule is c1cncc(-c2ncc3c(n2)CN(Cc2ccc4[nH]ccc4c2)CC3)c1. The summed E-state index contributed by atoms with van der Waals surface area (Å²) in [6.45, 7) is 2.83. The monoisotopic (exact) mass is 341 g/mol. The van der Waals surface area contributed by atoms with Crippen molar-refractivity contribution in [2.24, 2.45) is 0 Å². The molecule has 5 rings (SSSR count). The fraction of sp³-hybridized carbons (Fsp3) is 0.190. The van der Waals surface area contributed by atoms with Crippen molar-refractivity contribution in [3.05, 3.63) is 78.0 Å². The second kappa shape index (κ2) is 6.35. The van der Waals surface area contributed by atoms with Crippen LogP contribution < -0.4 is 0 Å². The second-order valence-electron chi connectivity index (χ2n) is 6.77. The van der Waals surface area contributed by atoms with E-state index in [-0.39, 0.29) is 0 Å². The maximum atomic E-state index is 4.82. The smallest absolute Gasteiger partial charge is 0.160 e. The quantitative estimate of drug-likeness (QED) is 0.619. The van der Waals surface area contributed by atoms with E-state index in [4.69, 9.17) is 4.98 Å². The van der Waals surface area contributed by atoms with Gasteiger partial charge in [0.2, 0.25) is 0 Å². The lowest BCUT2D eigenvalue weighted by molar-refractivity contribution is 0.241. The lowest BCUT2D eigenvalue weighted by Gasteiger charge is -2.28.